The molecule has 0 aliphatic heterocycles. The van der Waals surface area contributed by atoms with E-state index in [4.69, 9.17) is 16.3 Å². The summed E-state index contributed by atoms with van der Waals surface area (Å²) in [5.74, 6) is -1.25. The molecule has 0 saturated heterocycles. The van der Waals surface area contributed by atoms with E-state index in [-0.39, 0.29) is 24.5 Å². The average Bonchev–Trinajstić information content (AvgIpc) is 3.32. The number of benzene rings is 1. The molecule has 1 aromatic carbocycles. The summed E-state index contributed by atoms with van der Waals surface area (Å²) < 4.78 is 5.15. The van der Waals surface area contributed by atoms with Crippen molar-refractivity contribution >= 4 is 62.7 Å². The minimum atomic E-state index is -0.583. The first-order valence-electron chi connectivity index (χ1n) is 9.50. The molecule has 0 aliphatic rings. The van der Waals surface area contributed by atoms with Crippen molar-refractivity contribution in [2.24, 2.45) is 0 Å². The molecule has 0 spiro atoms. The normalized spacial score (nSPS) is 10.6. The predicted molar refractivity (Wildman–Crippen MR) is 126 cm³/mol. The molecule has 0 atom stereocenters. The fraction of sp³-hybridized carbons (Fsp3) is 0.227. The van der Waals surface area contributed by atoms with Gasteiger partial charge >= 0.3 is 5.97 Å². The lowest BCUT2D eigenvalue weighted by atomic mass is 10.1. The van der Waals surface area contributed by atoms with Gasteiger partial charge in [0, 0.05) is 15.6 Å². The van der Waals surface area contributed by atoms with Gasteiger partial charge in [-0.3, -0.25) is 9.59 Å². The number of nitrogens with one attached hydrogen (secondary N) is 2. The van der Waals surface area contributed by atoms with E-state index in [9.17, 15) is 14.4 Å². The van der Waals surface area contributed by atoms with Crippen molar-refractivity contribution in [2.45, 2.75) is 27.2 Å². The van der Waals surface area contributed by atoms with Gasteiger partial charge in [-0.25, -0.2) is 4.79 Å². The van der Waals surface area contributed by atoms with Crippen LogP contribution in [0.3, 0.4) is 0 Å². The number of ether oxygens (including phenoxy) is 1. The largest absolute Gasteiger partial charge is 0.462 e. The van der Waals surface area contributed by atoms with Crippen LogP contribution in [-0.2, 0) is 16.0 Å². The lowest BCUT2D eigenvalue weighted by Crippen LogP contribution is -2.16. The summed E-state index contributed by atoms with van der Waals surface area (Å²) in [7, 11) is 0. The van der Waals surface area contributed by atoms with Crippen molar-refractivity contribution in [3.05, 3.63) is 67.2 Å². The quantitative estimate of drug-likeness (QED) is 0.429. The third-order valence-electron chi connectivity index (χ3n) is 4.43. The van der Waals surface area contributed by atoms with E-state index in [1.54, 1.807) is 32.0 Å². The van der Waals surface area contributed by atoms with Gasteiger partial charge in [0.2, 0.25) is 5.91 Å². The minimum Gasteiger partial charge on any atom is -0.462 e. The molecule has 2 heterocycles. The van der Waals surface area contributed by atoms with Crippen LogP contribution in [0.1, 0.15) is 43.0 Å². The Balaban J connectivity index is 1.88. The summed E-state index contributed by atoms with van der Waals surface area (Å²) >= 11 is 8.65. The Morgan fingerprint density at radius 3 is 2.55 bits per heavy atom. The molecule has 162 valence electrons. The standard InChI is InChI=1S/C22H21ClN2O4S2/c1-4-29-22(28)18-13(3)19(20(27)24-14-8-7-12(2)16(23)10-14)31-21(18)25-17(26)11-15-6-5-9-30-15/h5-10H,4,11H2,1-3H3,(H,24,27)(H,25,26). The Bertz CT molecular complexity index is 1120. The number of halogens is 1. The number of carbonyl (C=O) groups is 3. The van der Waals surface area contributed by atoms with Crippen molar-refractivity contribution in [1.82, 2.24) is 0 Å². The van der Waals surface area contributed by atoms with Gasteiger partial charge in [-0.1, -0.05) is 23.7 Å². The van der Waals surface area contributed by atoms with Crippen LogP contribution in [0.4, 0.5) is 10.7 Å². The number of hydrogen-bond donors (Lipinski definition) is 2. The Morgan fingerprint density at radius 1 is 1.13 bits per heavy atom. The van der Waals surface area contributed by atoms with Gasteiger partial charge in [0.15, 0.2) is 0 Å². The Hall–Kier alpha value is -2.68. The second kappa shape index (κ2) is 10.1. The van der Waals surface area contributed by atoms with E-state index < -0.39 is 11.9 Å². The van der Waals surface area contributed by atoms with Crippen LogP contribution in [0.25, 0.3) is 0 Å². The summed E-state index contributed by atoms with van der Waals surface area (Å²) in [6, 6.07) is 8.94. The second-order valence-corrected chi connectivity index (χ2v) is 9.16. The number of aryl methyl sites for hydroxylation is 1. The third-order valence-corrected chi connectivity index (χ3v) is 6.92. The van der Waals surface area contributed by atoms with Crippen LogP contribution in [0.2, 0.25) is 5.02 Å². The Labute approximate surface area is 193 Å². The molecule has 0 unspecified atom stereocenters. The predicted octanol–water partition coefficient (Wildman–Crippen LogP) is 5.69. The lowest BCUT2D eigenvalue weighted by Gasteiger charge is -2.07. The van der Waals surface area contributed by atoms with E-state index in [0.29, 0.717) is 26.2 Å². The number of carbonyl (C=O) groups excluding carboxylic acids is 3. The molecule has 3 rings (SSSR count). The fourth-order valence-electron chi connectivity index (χ4n) is 2.87. The van der Waals surface area contributed by atoms with E-state index in [2.05, 4.69) is 10.6 Å². The molecule has 2 N–H and O–H groups in total. The number of thiophene rings is 2. The summed E-state index contributed by atoms with van der Waals surface area (Å²) in [6.45, 7) is 5.41. The minimum absolute atomic E-state index is 0.181. The molecule has 0 radical (unpaired) electrons. The molecule has 0 bridgehead atoms. The zero-order chi connectivity index (χ0) is 22.5. The van der Waals surface area contributed by atoms with Gasteiger partial charge in [-0.2, -0.15) is 0 Å². The highest BCUT2D eigenvalue weighted by Crippen LogP contribution is 2.35. The van der Waals surface area contributed by atoms with Crippen molar-refractivity contribution in [2.75, 3.05) is 17.2 Å². The fourth-order valence-corrected chi connectivity index (χ4v) is 4.86. The zero-order valence-electron chi connectivity index (χ0n) is 17.2. The smallest absolute Gasteiger partial charge is 0.341 e. The molecule has 0 fully saturated rings. The maximum Gasteiger partial charge on any atom is 0.341 e. The van der Waals surface area contributed by atoms with Crippen LogP contribution >= 0.6 is 34.3 Å². The SMILES string of the molecule is CCOC(=O)c1c(NC(=O)Cc2cccs2)sc(C(=O)Nc2ccc(C)c(Cl)c2)c1C. The molecule has 31 heavy (non-hydrogen) atoms. The second-order valence-electron chi connectivity index (χ2n) is 6.70. The lowest BCUT2D eigenvalue weighted by molar-refractivity contribution is -0.115. The topological polar surface area (TPSA) is 84.5 Å². The molecule has 6 nitrogen and oxygen atoms in total. The maximum absolute atomic E-state index is 12.9. The summed E-state index contributed by atoms with van der Waals surface area (Å²) in [6.07, 6.45) is 0.181. The van der Waals surface area contributed by atoms with Crippen LogP contribution in [0.5, 0.6) is 0 Å². The van der Waals surface area contributed by atoms with Gasteiger partial charge in [0.1, 0.15) is 5.00 Å². The highest BCUT2D eigenvalue weighted by atomic mass is 35.5. The van der Waals surface area contributed by atoms with Gasteiger partial charge in [0.25, 0.3) is 5.91 Å². The highest BCUT2D eigenvalue weighted by Gasteiger charge is 2.27. The summed E-state index contributed by atoms with van der Waals surface area (Å²) in [5.41, 5.74) is 2.07. The van der Waals surface area contributed by atoms with Gasteiger partial charge in [0.05, 0.1) is 23.5 Å². The van der Waals surface area contributed by atoms with Crippen molar-refractivity contribution in [3.63, 3.8) is 0 Å². The highest BCUT2D eigenvalue weighted by molar-refractivity contribution is 7.19. The molecule has 2 amide bonds. The monoisotopic (exact) mass is 476 g/mol. The van der Waals surface area contributed by atoms with Crippen LogP contribution in [0, 0.1) is 13.8 Å². The van der Waals surface area contributed by atoms with Crippen LogP contribution in [0.15, 0.2) is 35.7 Å². The van der Waals surface area contributed by atoms with E-state index >= 15 is 0 Å². The Morgan fingerprint density at radius 2 is 1.90 bits per heavy atom. The van der Waals surface area contributed by atoms with Gasteiger partial charge < -0.3 is 15.4 Å². The first-order valence-corrected chi connectivity index (χ1v) is 11.6. The van der Waals surface area contributed by atoms with E-state index in [0.717, 1.165) is 21.8 Å². The molecular formula is C22H21ClN2O4S2. The zero-order valence-corrected chi connectivity index (χ0v) is 19.6. The molecular weight excluding hydrogens is 456 g/mol. The maximum atomic E-state index is 12.9. The molecule has 0 saturated carbocycles. The average molecular weight is 477 g/mol. The number of anilines is 2. The van der Waals surface area contributed by atoms with Crippen molar-refractivity contribution in [1.29, 1.82) is 0 Å². The number of rotatable bonds is 7. The molecule has 9 heteroatoms. The Kier molecular flexibility index (Phi) is 7.48. The van der Waals surface area contributed by atoms with Crippen molar-refractivity contribution < 1.29 is 19.1 Å². The first-order chi connectivity index (χ1) is 14.8. The van der Waals surface area contributed by atoms with Crippen LogP contribution < -0.4 is 10.6 Å². The van der Waals surface area contributed by atoms with Crippen LogP contribution in [-0.4, -0.2) is 24.4 Å². The number of hydrogen-bond acceptors (Lipinski definition) is 6. The summed E-state index contributed by atoms with van der Waals surface area (Å²) in [4.78, 5) is 39.2. The first kappa shape index (κ1) is 23.0. The third kappa shape index (κ3) is 5.52. The van der Waals surface area contributed by atoms with E-state index in [1.165, 1.54) is 11.3 Å². The van der Waals surface area contributed by atoms with E-state index in [1.807, 2.05) is 24.4 Å². The molecule has 3 aromatic rings. The van der Waals surface area contributed by atoms with Crippen molar-refractivity contribution in [3.8, 4) is 0 Å². The van der Waals surface area contributed by atoms with Gasteiger partial charge in [-0.15, -0.1) is 22.7 Å². The number of esters is 1. The summed E-state index contributed by atoms with van der Waals surface area (Å²) in [5, 5.41) is 8.28. The molecule has 0 aliphatic carbocycles. The number of amides is 2. The molecule has 2 aromatic heterocycles. The van der Waals surface area contributed by atoms with Gasteiger partial charge in [-0.05, 0) is 55.5 Å².